The summed E-state index contributed by atoms with van der Waals surface area (Å²) in [7, 11) is 1.85. The Kier molecular flexibility index (Phi) is 4.79. The van der Waals surface area contributed by atoms with Gasteiger partial charge in [0, 0.05) is 12.1 Å². The number of halogens is 1. The number of nitrogens with zero attached hydrogens (tertiary/aromatic N) is 2. The lowest BCUT2D eigenvalue weighted by Crippen LogP contribution is -2.14. The molecule has 1 N–H and O–H groups in total. The Bertz CT molecular complexity index is 1160. The van der Waals surface area contributed by atoms with Crippen LogP contribution in [-0.4, -0.2) is 15.5 Å². The number of amides is 1. The van der Waals surface area contributed by atoms with Crippen LogP contribution in [0, 0.1) is 6.92 Å². The average Bonchev–Trinajstić information content (AvgIpc) is 3.27. The van der Waals surface area contributed by atoms with Crippen molar-refractivity contribution in [3.05, 3.63) is 76.7 Å². The van der Waals surface area contributed by atoms with Crippen LogP contribution in [-0.2, 0) is 13.7 Å². The minimum absolute atomic E-state index is 0.193. The van der Waals surface area contributed by atoms with E-state index in [0.717, 1.165) is 16.6 Å². The van der Waals surface area contributed by atoms with Crippen molar-refractivity contribution < 1.29 is 13.9 Å². The summed E-state index contributed by atoms with van der Waals surface area (Å²) in [4.78, 5) is 16.9. The van der Waals surface area contributed by atoms with Gasteiger partial charge in [-0.15, -0.1) is 0 Å². The van der Waals surface area contributed by atoms with Crippen molar-refractivity contribution in [3.8, 4) is 5.75 Å². The number of ether oxygens (including phenoxy) is 1. The molecule has 4 rings (SSSR count). The van der Waals surface area contributed by atoms with Crippen molar-refractivity contribution in [2.45, 2.75) is 13.5 Å². The molecule has 1 amide bonds. The molecule has 0 atom stereocenters. The minimum Gasteiger partial charge on any atom is -0.485 e. The third-order valence-corrected chi connectivity index (χ3v) is 4.64. The van der Waals surface area contributed by atoms with Gasteiger partial charge in [-0.2, -0.15) is 0 Å². The molecular formula is C21H18ClN3O3. The molecule has 0 spiro atoms. The molecule has 4 aromatic rings. The highest BCUT2D eigenvalue weighted by atomic mass is 35.5. The second kappa shape index (κ2) is 7.40. The number of rotatable bonds is 5. The highest BCUT2D eigenvalue weighted by molar-refractivity contribution is 6.30. The maximum atomic E-state index is 12.5. The number of furan rings is 1. The van der Waals surface area contributed by atoms with E-state index < -0.39 is 0 Å². The summed E-state index contributed by atoms with van der Waals surface area (Å²) in [5.74, 6) is 1.54. The molecule has 2 aromatic carbocycles. The summed E-state index contributed by atoms with van der Waals surface area (Å²) in [6.07, 6.45) is 0. The van der Waals surface area contributed by atoms with Crippen LogP contribution in [0.1, 0.15) is 21.9 Å². The lowest BCUT2D eigenvalue weighted by molar-refractivity contribution is 0.0991. The first-order valence-corrected chi connectivity index (χ1v) is 9.09. The predicted molar refractivity (Wildman–Crippen MR) is 108 cm³/mol. The fourth-order valence-corrected chi connectivity index (χ4v) is 3.15. The topological polar surface area (TPSA) is 69.3 Å². The summed E-state index contributed by atoms with van der Waals surface area (Å²) in [5, 5.41) is 3.44. The summed E-state index contributed by atoms with van der Waals surface area (Å²) in [6.45, 7) is 2.13. The van der Waals surface area contributed by atoms with Crippen LogP contribution in [0.5, 0.6) is 5.75 Å². The zero-order valence-electron chi connectivity index (χ0n) is 15.4. The second-order valence-electron chi connectivity index (χ2n) is 6.40. The first kappa shape index (κ1) is 18.1. The van der Waals surface area contributed by atoms with Crippen molar-refractivity contribution >= 4 is 34.5 Å². The minimum atomic E-state index is -0.368. The Balaban J connectivity index is 1.44. The van der Waals surface area contributed by atoms with Crippen LogP contribution in [0.2, 0.25) is 5.02 Å². The van der Waals surface area contributed by atoms with Crippen molar-refractivity contribution in [2.24, 2.45) is 7.05 Å². The van der Waals surface area contributed by atoms with Gasteiger partial charge in [0.15, 0.2) is 5.76 Å². The van der Waals surface area contributed by atoms with Crippen LogP contribution >= 0.6 is 11.6 Å². The highest BCUT2D eigenvalue weighted by Gasteiger charge is 2.15. The van der Waals surface area contributed by atoms with E-state index in [-0.39, 0.29) is 18.3 Å². The van der Waals surface area contributed by atoms with E-state index in [9.17, 15) is 4.79 Å². The number of imidazole rings is 1. The Morgan fingerprint density at radius 3 is 2.82 bits per heavy atom. The van der Waals surface area contributed by atoms with E-state index >= 15 is 0 Å². The third kappa shape index (κ3) is 3.59. The number of nitrogens with one attached hydrogen (secondary N) is 1. The number of aryl methyl sites for hydroxylation is 2. The molecule has 0 radical (unpaired) electrons. The van der Waals surface area contributed by atoms with E-state index in [1.807, 2.05) is 48.9 Å². The smallest absolute Gasteiger partial charge is 0.293 e. The number of hydrogen-bond acceptors (Lipinski definition) is 4. The lowest BCUT2D eigenvalue weighted by Gasteiger charge is -2.07. The lowest BCUT2D eigenvalue weighted by atomic mass is 10.2. The maximum Gasteiger partial charge on any atom is 0.293 e. The normalized spacial score (nSPS) is 11.0. The first-order valence-electron chi connectivity index (χ1n) is 8.72. The fraction of sp³-hybridized carbons (Fsp3) is 0.143. The van der Waals surface area contributed by atoms with E-state index in [0.29, 0.717) is 22.5 Å². The van der Waals surface area contributed by atoms with Gasteiger partial charge >= 0.3 is 0 Å². The number of carbonyl (C=O) groups excluding carboxylic acids is 1. The average molecular weight is 396 g/mol. The van der Waals surface area contributed by atoms with Gasteiger partial charge < -0.3 is 13.7 Å². The van der Waals surface area contributed by atoms with Gasteiger partial charge in [0.1, 0.15) is 18.1 Å². The van der Waals surface area contributed by atoms with E-state index in [1.165, 1.54) is 0 Å². The molecule has 0 bridgehead atoms. The zero-order chi connectivity index (χ0) is 19.7. The second-order valence-corrected chi connectivity index (χ2v) is 6.84. The Morgan fingerprint density at radius 2 is 2.04 bits per heavy atom. The van der Waals surface area contributed by atoms with Crippen molar-refractivity contribution in [2.75, 3.05) is 5.32 Å². The van der Waals surface area contributed by atoms with Gasteiger partial charge in [-0.3, -0.25) is 10.1 Å². The number of hydrogen-bond donors (Lipinski definition) is 1. The molecule has 2 heterocycles. The Labute approximate surface area is 166 Å². The standard InChI is InChI=1S/C21H18ClN3O3/c1-13-11-14(22)7-9-18(13)27-12-15-8-10-19(28-15)20(26)24-21-23-16-5-3-4-6-17(16)25(21)2/h3-11H,12H2,1-2H3,(H,23,24,26). The van der Waals surface area contributed by atoms with Crippen LogP contribution in [0.25, 0.3) is 11.0 Å². The number of aromatic nitrogens is 2. The molecule has 7 heteroatoms. The summed E-state index contributed by atoms with van der Waals surface area (Å²) < 4.78 is 13.2. The molecule has 0 aliphatic heterocycles. The van der Waals surface area contributed by atoms with Crippen LogP contribution < -0.4 is 10.1 Å². The maximum absolute atomic E-state index is 12.5. The molecule has 2 aromatic heterocycles. The fourth-order valence-electron chi connectivity index (χ4n) is 2.92. The first-order chi connectivity index (χ1) is 13.5. The van der Waals surface area contributed by atoms with Gasteiger partial charge in [0.25, 0.3) is 5.91 Å². The SMILES string of the molecule is Cc1cc(Cl)ccc1OCc1ccc(C(=O)Nc2nc3ccccc3n2C)o1. The van der Waals surface area contributed by atoms with E-state index in [2.05, 4.69) is 10.3 Å². The molecule has 142 valence electrons. The molecule has 28 heavy (non-hydrogen) atoms. The summed E-state index contributed by atoms with van der Waals surface area (Å²) in [6, 6.07) is 16.4. The monoisotopic (exact) mass is 395 g/mol. The molecule has 0 saturated carbocycles. The molecular weight excluding hydrogens is 378 g/mol. The number of benzene rings is 2. The van der Waals surface area contributed by atoms with Gasteiger partial charge in [-0.1, -0.05) is 23.7 Å². The zero-order valence-corrected chi connectivity index (χ0v) is 16.2. The van der Waals surface area contributed by atoms with Crippen LogP contribution in [0.4, 0.5) is 5.95 Å². The number of anilines is 1. The summed E-state index contributed by atoms with van der Waals surface area (Å²) >= 11 is 5.95. The number of carbonyl (C=O) groups is 1. The van der Waals surface area contributed by atoms with Crippen molar-refractivity contribution in [3.63, 3.8) is 0 Å². The number of para-hydroxylation sites is 2. The predicted octanol–water partition coefficient (Wildman–Crippen LogP) is 4.96. The van der Waals surface area contributed by atoms with Crippen LogP contribution in [0.3, 0.4) is 0 Å². The van der Waals surface area contributed by atoms with Gasteiger partial charge in [-0.05, 0) is 55.0 Å². The van der Waals surface area contributed by atoms with Crippen molar-refractivity contribution in [1.29, 1.82) is 0 Å². The molecule has 0 saturated heterocycles. The third-order valence-electron chi connectivity index (χ3n) is 4.40. The molecule has 0 aliphatic rings. The number of fused-ring (bicyclic) bond motifs is 1. The largest absolute Gasteiger partial charge is 0.485 e. The summed E-state index contributed by atoms with van der Waals surface area (Å²) in [5.41, 5.74) is 2.68. The highest BCUT2D eigenvalue weighted by Crippen LogP contribution is 2.23. The van der Waals surface area contributed by atoms with Gasteiger partial charge in [-0.25, -0.2) is 4.98 Å². The van der Waals surface area contributed by atoms with Crippen molar-refractivity contribution in [1.82, 2.24) is 9.55 Å². The molecule has 0 fully saturated rings. The molecule has 6 nitrogen and oxygen atoms in total. The van der Waals surface area contributed by atoms with E-state index in [4.69, 9.17) is 20.8 Å². The Hall–Kier alpha value is -3.25. The van der Waals surface area contributed by atoms with Crippen LogP contribution in [0.15, 0.2) is 59.0 Å². The van der Waals surface area contributed by atoms with E-state index in [1.54, 1.807) is 24.3 Å². The van der Waals surface area contributed by atoms with Gasteiger partial charge in [0.05, 0.1) is 11.0 Å². The Morgan fingerprint density at radius 1 is 1.21 bits per heavy atom. The quantitative estimate of drug-likeness (QED) is 0.518. The van der Waals surface area contributed by atoms with Gasteiger partial charge in [0.2, 0.25) is 5.95 Å². The molecule has 0 aliphatic carbocycles. The molecule has 0 unspecified atom stereocenters.